The van der Waals surface area contributed by atoms with Crippen LogP contribution in [-0.2, 0) is 4.74 Å². The molecular formula is C17H34N2O. The Morgan fingerprint density at radius 1 is 1.35 bits per heavy atom. The summed E-state index contributed by atoms with van der Waals surface area (Å²) in [5.74, 6) is 0.760. The van der Waals surface area contributed by atoms with Crippen LogP contribution in [0.4, 0.5) is 0 Å². The first-order chi connectivity index (χ1) is 9.47. The molecule has 2 aliphatic rings. The summed E-state index contributed by atoms with van der Waals surface area (Å²) in [5.41, 5.74) is 0.268. The number of nitrogens with zero attached hydrogens (tertiary/aromatic N) is 1. The lowest BCUT2D eigenvalue weighted by molar-refractivity contribution is -0.0325. The van der Waals surface area contributed by atoms with E-state index < -0.39 is 0 Å². The van der Waals surface area contributed by atoms with Crippen LogP contribution in [-0.4, -0.2) is 48.8 Å². The van der Waals surface area contributed by atoms with E-state index in [1.807, 2.05) is 7.11 Å². The van der Waals surface area contributed by atoms with Crippen LogP contribution < -0.4 is 5.32 Å². The minimum absolute atomic E-state index is 0.268. The number of rotatable bonds is 4. The Morgan fingerprint density at radius 2 is 2.10 bits per heavy atom. The highest BCUT2D eigenvalue weighted by atomic mass is 16.5. The number of hydrogen-bond acceptors (Lipinski definition) is 3. The summed E-state index contributed by atoms with van der Waals surface area (Å²) in [5, 5.41) is 3.78. The number of methoxy groups -OCH3 is 1. The topological polar surface area (TPSA) is 24.5 Å². The molecule has 0 amide bonds. The van der Waals surface area contributed by atoms with Gasteiger partial charge < -0.3 is 10.1 Å². The van der Waals surface area contributed by atoms with Gasteiger partial charge in [0.1, 0.15) is 0 Å². The van der Waals surface area contributed by atoms with E-state index in [9.17, 15) is 0 Å². The van der Waals surface area contributed by atoms with E-state index in [1.165, 1.54) is 38.6 Å². The van der Waals surface area contributed by atoms with Gasteiger partial charge in [0.25, 0.3) is 0 Å². The molecule has 3 heteroatoms. The molecule has 0 aromatic carbocycles. The van der Waals surface area contributed by atoms with Crippen LogP contribution in [0.1, 0.15) is 59.8 Å². The third-order valence-corrected chi connectivity index (χ3v) is 5.67. The third kappa shape index (κ3) is 3.55. The Labute approximate surface area is 125 Å². The predicted octanol–water partition coefficient (Wildman–Crippen LogP) is 3.04. The van der Waals surface area contributed by atoms with Crippen molar-refractivity contribution in [1.82, 2.24) is 10.2 Å². The molecule has 20 heavy (non-hydrogen) atoms. The Morgan fingerprint density at radius 3 is 2.75 bits per heavy atom. The second-order valence-corrected chi connectivity index (χ2v) is 7.52. The molecular weight excluding hydrogens is 248 g/mol. The lowest BCUT2D eigenvalue weighted by Gasteiger charge is -2.52. The summed E-state index contributed by atoms with van der Waals surface area (Å²) >= 11 is 0. The highest BCUT2D eigenvalue weighted by molar-refractivity contribution is 4.98. The van der Waals surface area contributed by atoms with Crippen LogP contribution in [0.25, 0.3) is 0 Å². The molecule has 0 radical (unpaired) electrons. The van der Waals surface area contributed by atoms with Gasteiger partial charge in [-0.15, -0.1) is 0 Å². The van der Waals surface area contributed by atoms with Crippen molar-refractivity contribution >= 4 is 0 Å². The number of piperazine rings is 1. The number of nitrogens with one attached hydrogen (secondary N) is 1. The van der Waals surface area contributed by atoms with Crippen molar-refractivity contribution in [2.45, 2.75) is 83.5 Å². The molecule has 2 fully saturated rings. The highest BCUT2D eigenvalue weighted by Gasteiger charge is 2.40. The molecule has 1 heterocycles. The van der Waals surface area contributed by atoms with Crippen molar-refractivity contribution in [2.75, 3.05) is 20.2 Å². The first-order valence-corrected chi connectivity index (χ1v) is 8.51. The van der Waals surface area contributed by atoms with Crippen molar-refractivity contribution in [2.24, 2.45) is 5.92 Å². The zero-order valence-electron chi connectivity index (χ0n) is 14.1. The first kappa shape index (κ1) is 16.3. The quantitative estimate of drug-likeness (QED) is 0.858. The smallest absolute Gasteiger partial charge is 0.0586 e. The molecule has 4 atom stereocenters. The molecule has 3 nitrogen and oxygen atoms in total. The third-order valence-electron chi connectivity index (χ3n) is 5.67. The van der Waals surface area contributed by atoms with Crippen LogP contribution in [0.2, 0.25) is 0 Å². The molecule has 0 spiro atoms. The van der Waals surface area contributed by atoms with Crippen molar-refractivity contribution in [1.29, 1.82) is 0 Å². The zero-order valence-corrected chi connectivity index (χ0v) is 14.1. The van der Waals surface area contributed by atoms with Crippen molar-refractivity contribution in [3.63, 3.8) is 0 Å². The van der Waals surface area contributed by atoms with Crippen molar-refractivity contribution < 1.29 is 4.74 Å². The monoisotopic (exact) mass is 282 g/mol. The van der Waals surface area contributed by atoms with Crippen molar-refractivity contribution in [3.8, 4) is 0 Å². The maximum absolute atomic E-state index is 5.63. The summed E-state index contributed by atoms with van der Waals surface area (Å²) in [6, 6.07) is 1.35. The van der Waals surface area contributed by atoms with Gasteiger partial charge in [-0.05, 0) is 45.4 Å². The molecule has 0 aromatic rings. The van der Waals surface area contributed by atoms with Gasteiger partial charge in [-0.1, -0.05) is 20.3 Å². The summed E-state index contributed by atoms with van der Waals surface area (Å²) in [7, 11) is 1.87. The van der Waals surface area contributed by atoms with Gasteiger partial charge in [-0.2, -0.15) is 0 Å². The number of hydrogen-bond donors (Lipinski definition) is 1. The Balaban J connectivity index is 2.05. The van der Waals surface area contributed by atoms with Gasteiger partial charge >= 0.3 is 0 Å². The Hall–Kier alpha value is -0.120. The van der Waals surface area contributed by atoms with Crippen LogP contribution in [0, 0.1) is 5.92 Å². The molecule has 1 saturated heterocycles. The van der Waals surface area contributed by atoms with E-state index in [2.05, 4.69) is 37.9 Å². The average molecular weight is 282 g/mol. The van der Waals surface area contributed by atoms with Gasteiger partial charge in [-0.25, -0.2) is 0 Å². The van der Waals surface area contributed by atoms with Gasteiger partial charge in [0.2, 0.25) is 0 Å². The first-order valence-electron chi connectivity index (χ1n) is 8.51. The minimum Gasteiger partial charge on any atom is -0.381 e. The molecule has 1 saturated carbocycles. The molecule has 4 unspecified atom stereocenters. The van der Waals surface area contributed by atoms with Gasteiger partial charge in [0, 0.05) is 37.8 Å². The van der Waals surface area contributed by atoms with E-state index >= 15 is 0 Å². The van der Waals surface area contributed by atoms with E-state index in [1.54, 1.807) is 0 Å². The maximum Gasteiger partial charge on any atom is 0.0586 e. The standard InChI is InChI=1S/C17H34N2O/c1-6-13(2)16-11-19(17(3,4)12-18-16)14-8-7-9-15(10-14)20-5/h13-16,18H,6-12H2,1-5H3. The largest absolute Gasteiger partial charge is 0.381 e. The molecule has 0 bridgehead atoms. The normalized spacial score (nSPS) is 36.8. The molecule has 1 N–H and O–H groups in total. The lowest BCUT2D eigenvalue weighted by Crippen LogP contribution is -2.66. The summed E-state index contributed by atoms with van der Waals surface area (Å²) in [4.78, 5) is 2.78. The van der Waals surface area contributed by atoms with Gasteiger partial charge in [-0.3, -0.25) is 4.90 Å². The predicted molar refractivity (Wildman–Crippen MR) is 85.1 cm³/mol. The molecule has 2 rings (SSSR count). The maximum atomic E-state index is 5.63. The van der Waals surface area contributed by atoms with Crippen LogP contribution in [0.3, 0.4) is 0 Å². The van der Waals surface area contributed by atoms with Crippen LogP contribution in [0.5, 0.6) is 0 Å². The van der Waals surface area contributed by atoms with Crippen LogP contribution >= 0.6 is 0 Å². The molecule has 118 valence electrons. The second kappa shape index (κ2) is 6.76. The SMILES string of the molecule is CCC(C)C1CN(C2CCCC(OC)C2)C(C)(C)CN1. The zero-order chi connectivity index (χ0) is 14.8. The number of ether oxygens (including phenoxy) is 1. The molecule has 0 aromatic heterocycles. The summed E-state index contributed by atoms with van der Waals surface area (Å²) in [6.07, 6.45) is 6.86. The fraction of sp³-hybridized carbons (Fsp3) is 1.00. The fourth-order valence-electron chi connectivity index (χ4n) is 3.93. The summed E-state index contributed by atoms with van der Waals surface area (Å²) < 4.78 is 5.63. The molecule has 1 aliphatic heterocycles. The van der Waals surface area contributed by atoms with E-state index in [0.717, 1.165) is 12.5 Å². The van der Waals surface area contributed by atoms with Crippen LogP contribution in [0.15, 0.2) is 0 Å². The highest BCUT2D eigenvalue weighted by Crippen LogP contribution is 2.32. The Kier molecular flexibility index (Phi) is 5.49. The lowest BCUT2D eigenvalue weighted by atomic mass is 9.84. The second-order valence-electron chi connectivity index (χ2n) is 7.52. The van der Waals surface area contributed by atoms with E-state index in [-0.39, 0.29) is 5.54 Å². The average Bonchev–Trinajstić information content (AvgIpc) is 2.46. The molecule has 1 aliphatic carbocycles. The van der Waals surface area contributed by atoms with Crippen molar-refractivity contribution in [3.05, 3.63) is 0 Å². The van der Waals surface area contributed by atoms with E-state index in [0.29, 0.717) is 18.2 Å². The fourth-order valence-corrected chi connectivity index (χ4v) is 3.93. The van der Waals surface area contributed by atoms with Gasteiger partial charge in [0.15, 0.2) is 0 Å². The minimum atomic E-state index is 0.268. The van der Waals surface area contributed by atoms with Gasteiger partial charge in [0.05, 0.1) is 6.10 Å². The summed E-state index contributed by atoms with van der Waals surface area (Å²) in [6.45, 7) is 11.8. The van der Waals surface area contributed by atoms with E-state index in [4.69, 9.17) is 4.74 Å². The Bertz CT molecular complexity index is 303.